The molecule has 20 heavy (non-hydrogen) atoms. The van der Waals surface area contributed by atoms with Crippen LogP contribution in [0.15, 0.2) is 18.2 Å². The van der Waals surface area contributed by atoms with E-state index in [1.807, 2.05) is 22.8 Å². The molecule has 1 aromatic heterocycles. The lowest BCUT2D eigenvalue weighted by molar-refractivity contribution is 0.285. The maximum absolute atomic E-state index is 9.03. The third-order valence-corrected chi connectivity index (χ3v) is 3.52. The van der Waals surface area contributed by atoms with Gasteiger partial charge in [-0.15, -0.1) is 0 Å². The fourth-order valence-corrected chi connectivity index (χ4v) is 2.30. The maximum atomic E-state index is 9.03. The summed E-state index contributed by atoms with van der Waals surface area (Å²) in [5.41, 5.74) is 1.86. The van der Waals surface area contributed by atoms with Gasteiger partial charge in [-0.25, -0.2) is 4.98 Å². The van der Waals surface area contributed by atoms with E-state index >= 15 is 0 Å². The van der Waals surface area contributed by atoms with Gasteiger partial charge in [-0.2, -0.15) is 5.26 Å². The molecule has 5 nitrogen and oxygen atoms in total. The lowest BCUT2D eigenvalue weighted by Gasteiger charge is -2.17. The maximum Gasteiger partial charge on any atom is 0.125 e. The van der Waals surface area contributed by atoms with Crippen LogP contribution in [0.5, 0.6) is 5.75 Å². The van der Waals surface area contributed by atoms with E-state index in [0.717, 1.165) is 42.2 Å². The summed E-state index contributed by atoms with van der Waals surface area (Å²) in [6.07, 6.45) is 0. The molecule has 0 radical (unpaired) electrons. The van der Waals surface area contributed by atoms with Gasteiger partial charge in [0.05, 0.1) is 30.8 Å². The molecule has 106 valence electrons. The Balaban J connectivity index is 2.46. The molecule has 0 aliphatic heterocycles. The quantitative estimate of drug-likeness (QED) is 0.810. The Kier molecular flexibility index (Phi) is 4.59. The number of hydrogen-bond donors (Lipinski definition) is 0. The van der Waals surface area contributed by atoms with Crippen molar-refractivity contribution in [3.63, 3.8) is 0 Å². The smallest absolute Gasteiger partial charge is 0.125 e. The normalized spacial score (nSPS) is 10.9. The van der Waals surface area contributed by atoms with Crippen molar-refractivity contribution in [2.45, 2.75) is 26.9 Å². The third-order valence-electron chi connectivity index (χ3n) is 3.52. The number of nitriles is 1. The molecule has 0 saturated carbocycles. The molecule has 0 aliphatic carbocycles. The Hall–Kier alpha value is -2.06. The van der Waals surface area contributed by atoms with E-state index in [0.29, 0.717) is 6.54 Å². The summed E-state index contributed by atoms with van der Waals surface area (Å²) in [5, 5.41) is 9.03. The summed E-state index contributed by atoms with van der Waals surface area (Å²) in [6, 6.07) is 7.99. The highest BCUT2D eigenvalue weighted by Gasteiger charge is 2.13. The molecule has 0 spiro atoms. The number of benzene rings is 1. The van der Waals surface area contributed by atoms with Crippen LogP contribution in [-0.4, -0.2) is 34.7 Å². The van der Waals surface area contributed by atoms with Crippen LogP contribution in [0.3, 0.4) is 0 Å². The van der Waals surface area contributed by atoms with Crippen molar-refractivity contribution in [2.75, 3.05) is 20.2 Å². The lowest BCUT2D eigenvalue weighted by atomic mass is 10.3. The van der Waals surface area contributed by atoms with Gasteiger partial charge in [0.15, 0.2) is 0 Å². The van der Waals surface area contributed by atoms with E-state index in [9.17, 15) is 0 Å². The summed E-state index contributed by atoms with van der Waals surface area (Å²) in [5.74, 6) is 1.71. The van der Waals surface area contributed by atoms with E-state index in [1.165, 1.54) is 0 Å². The van der Waals surface area contributed by atoms with E-state index in [1.54, 1.807) is 7.11 Å². The topological polar surface area (TPSA) is 54.1 Å². The first-order chi connectivity index (χ1) is 9.73. The van der Waals surface area contributed by atoms with Crippen LogP contribution in [-0.2, 0) is 13.1 Å². The van der Waals surface area contributed by atoms with Crippen molar-refractivity contribution < 1.29 is 4.74 Å². The number of nitrogens with zero attached hydrogens (tertiary/aromatic N) is 4. The second-order valence-electron chi connectivity index (χ2n) is 4.59. The van der Waals surface area contributed by atoms with E-state index in [4.69, 9.17) is 10.00 Å². The average Bonchev–Trinajstić information content (AvgIpc) is 2.82. The standard InChI is InChI=1S/C15H20N4O/c1-4-18(5-2)11-15-17-13-10-12(20-3)6-7-14(13)19(15)9-8-16/h6-7,10H,4-5,9,11H2,1-3H3. The number of imidazole rings is 1. The van der Waals surface area contributed by atoms with E-state index in [2.05, 4.69) is 29.8 Å². The Bertz CT molecular complexity index is 623. The predicted octanol–water partition coefficient (Wildman–Crippen LogP) is 2.41. The first-order valence-corrected chi connectivity index (χ1v) is 6.85. The molecule has 1 heterocycles. The van der Waals surface area contributed by atoms with Crippen molar-refractivity contribution in [1.82, 2.24) is 14.5 Å². The monoisotopic (exact) mass is 272 g/mol. The van der Waals surface area contributed by atoms with Crippen molar-refractivity contribution in [3.05, 3.63) is 24.0 Å². The van der Waals surface area contributed by atoms with Crippen LogP contribution in [0.1, 0.15) is 19.7 Å². The van der Waals surface area contributed by atoms with E-state index in [-0.39, 0.29) is 0 Å². The van der Waals surface area contributed by atoms with Crippen LogP contribution in [0.4, 0.5) is 0 Å². The predicted molar refractivity (Wildman–Crippen MR) is 78.5 cm³/mol. The number of ether oxygens (including phenoxy) is 1. The highest BCUT2D eigenvalue weighted by molar-refractivity contribution is 5.78. The van der Waals surface area contributed by atoms with Crippen molar-refractivity contribution in [1.29, 1.82) is 5.26 Å². The fourth-order valence-electron chi connectivity index (χ4n) is 2.30. The molecule has 0 unspecified atom stereocenters. The molecule has 5 heteroatoms. The molecular formula is C15H20N4O. The van der Waals surface area contributed by atoms with E-state index < -0.39 is 0 Å². The number of aromatic nitrogens is 2. The molecule has 2 rings (SSSR count). The molecule has 0 bridgehead atoms. The zero-order valence-electron chi connectivity index (χ0n) is 12.3. The summed E-state index contributed by atoms with van der Waals surface area (Å²) in [7, 11) is 1.64. The van der Waals surface area contributed by atoms with Crippen LogP contribution < -0.4 is 4.74 Å². The second-order valence-corrected chi connectivity index (χ2v) is 4.59. The van der Waals surface area contributed by atoms with Gasteiger partial charge >= 0.3 is 0 Å². The van der Waals surface area contributed by atoms with Gasteiger partial charge < -0.3 is 9.30 Å². The first kappa shape index (κ1) is 14.4. The molecule has 0 fully saturated rings. The minimum Gasteiger partial charge on any atom is -0.497 e. The Labute approximate surface area is 119 Å². The Morgan fingerprint density at radius 1 is 1.35 bits per heavy atom. The summed E-state index contributed by atoms with van der Waals surface area (Å²) < 4.78 is 7.21. The SMILES string of the molecule is CCN(CC)Cc1nc2cc(OC)ccc2n1CC#N. The van der Waals surface area contributed by atoms with Gasteiger partial charge in [-0.3, -0.25) is 4.90 Å². The molecule has 0 saturated heterocycles. The largest absolute Gasteiger partial charge is 0.497 e. The Morgan fingerprint density at radius 2 is 2.10 bits per heavy atom. The molecular weight excluding hydrogens is 252 g/mol. The second kappa shape index (κ2) is 6.40. The number of rotatable bonds is 6. The summed E-state index contributed by atoms with van der Waals surface area (Å²) in [4.78, 5) is 6.95. The fraction of sp³-hybridized carbons (Fsp3) is 0.467. The first-order valence-electron chi connectivity index (χ1n) is 6.85. The van der Waals surface area contributed by atoms with Gasteiger partial charge in [-0.05, 0) is 25.2 Å². The van der Waals surface area contributed by atoms with Gasteiger partial charge in [0.1, 0.15) is 18.1 Å². The number of fused-ring (bicyclic) bond motifs is 1. The van der Waals surface area contributed by atoms with Gasteiger partial charge in [0, 0.05) is 6.07 Å². The highest BCUT2D eigenvalue weighted by atomic mass is 16.5. The van der Waals surface area contributed by atoms with Crippen LogP contribution in [0, 0.1) is 11.3 Å². The van der Waals surface area contributed by atoms with Crippen LogP contribution >= 0.6 is 0 Å². The van der Waals surface area contributed by atoms with Crippen molar-refractivity contribution in [2.24, 2.45) is 0 Å². The number of hydrogen-bond acceptors (Lipinski definition) is 4. The lowest BCUT2D eigenvalue weighted by Crippen LogP contribution is -2.24. The molecule has 0 atom stereocenters. The third kappa shape index (κ3) is 2.75. The Morgan fingerprint density at radius 3 is 2.70 bits per heavy atom. The van der Waals surface area contributed by atoms with Crippen LogP contribution in [0.25, 0.3) is 11.0 Å². The number of methoxy groups -OCH3 is 1. The van der Waals surface area contributed by atoms with Crippen LogP contribution in [0.2, 0.25) is 0 Å². The molecule has 0 amide bonds. The van der Waals surface area contributed by atoms with Crippen molar-refractivity contribution >= 4 is 11.0 Å². The highest BCUT2D eigenvalue weighted by Crippen LogP contribution is 2.22. The molecule has 0 N–H and O–H groups in total. The summed E-state index contributed by atoms with van der Waals surface area (Å²) >= 11 is 0. The minimum atomic E-state index is 0.319. The summed E-state index contributed by atoms with van der Waals surface area (Å²) in [6.45, 7) is 7.27. The molecule has 1 aromatic carbocycles. The van der Waals surface area contributed by atoms with Crippen molar-refractivity contribution in [3.8, 4) is 11.8 Å². The zero-order chi connectivity index (χ0) is 14.5. The van der Waals surface area contributed by atoms with Gasteiger partial charge in [0.2, 0.25) is 0 Å². The minimum absolute atomic E-state index is 0.319. The molecule has 0 aliphatic rings. The molecule has 2 aromatic rings. The average molecular weight is 272 g/mol. The zero-order valence-corrected chi connectivity index (χ0v) is 12.3. The van der Waals surface area contributed by atoms with Gasteiger partial charge in [-0.1, -0.05) is 13.8 Å². The van der Waals surface area contributed by atoms with Gasteiger partial charge in [0.25, 0.3) is 0 Å².